The largest absolute Gasteiger partial charge is 0.368 e. The summed E-state index contributed by atoms with van der Waals surface area (Å²) in [5.41, 5.74) is 1.20. The van der Waals surface area contributed by atoms with E-state index in [1.165, 1.54) is 5.56 Å². The summed E-state index contributed by atoms with van der Waals surface area (Å²) in [5.74, 6) is 0.677. The highest BCUT2D eigenvalue weighted by atomic mass is 35.5. The van der Waals surface area contributed by atoms with Crippen molar-refractivity contribution < 1.29 is 4.74 Å². The van der Waals surface area contributed by atoms with Crippen LogP contribution in [-0.2, 0) is 4.74 Å². The summed E-state index contributed by atoms with van der Waals surface area (Å²) in [6.45, 7) is 6.32. The zero-order valence-corrected chi connectivity index (χ0v) is 11.3. The monoisotopic (exact) mass is 259 g/mol. The first-order valence-electron chi connectivity index (χ1n) is 5.75. The molecule has 0 amide bonds. The van der Waals surface area contributed by atoms with Crippen molar-refractivity contribution in [1.82, 2.24) is 5.32 Å². The van der Waals surface area contributed by atoms with Crippen LogP contribution in [0, 0.1) is 5.92 Å². The van der Waals surface area contributed by atoms with Gasteiger partial charge in [-0.05, 0) is 29.3 Å². The van der Waals surface area contributed by atoms with Gasteiger partial charge in [-0.1, -0.05) is 25.4 Å². The van der Waals surface area contributed by atoms with Gasteiger partial charge in [0.15, 0.2) is 0 Å². The number of halogens is 1. The lowest BCUT2D eigenvalue weighted by Crippen LogP contribution is -2.41. The molecule has 90 valence electrons. The summed E-state index contributed by atoms with van der Waals surface area (Å²) in [5, 5.41) is 5.52. The molecule has 0 bridgehead atoms. The Labute approximate surface area is 106 Å². The second kappa shape index (κ2) is 5.50. The van der Waals surface area contributed by atoms with Crippen LogP contribution in [0.15, 0.2) is 11.4 Å². The molecule has 0 radical (unpaired) electrons. The number of morpholine rings is 1. The molecule has 2 atom stereocenters. The van der Waals surface area contributed by atoms with Crippen molar-refractivity contribution in [3.63, 3.8) is 0 Å². The van der Waals surface area contributed by atoms with Gasteiger partial charge in [0.25, 0.3) is 0 Å². The number of hydrogen-bond acceptors (Lipinski definition) is 3. The minimum Gasteiger partial charge on any atom is -0.368 e. The van der Waals surface area contributed by atoms with Gasteiger partial charge >= 0.3 is 0 Å². The number of ether oxygens (including phenoxy) is 1. The van der Waals surface area contributed by atoms with E-state index in [1.54, 1.807) is 11.3 Å². The van der Waals surface area contributed by atoms with Crippen molar-refractivity contribution in [2.75, 3.05) is 13.1 Å². The van der Waals surface area contributed by atoms with Crippen LogP contribution in [0.4, 0.5) is 0 Å². The van der Waals surface area contributed by atoms with Crippen molar-refractivity contribution >= 4 is 22.9 Å². The van der Waals surface area contributed by atoms with Crippen LogP contribution < -0.4 is 5.32 Å². The molecule has 1 aliphatic rings. The second-order valence-electron chi connectivity index (χ2n) is 4.72. The summed E-state index contributed by atoms with van der Waals surface area (Å²) < 4.78 is 6.92. The zero-order valence-electron chi connectivity index (χ0n) is 9.70. The topological polar surface area (TPSA) is 21.3 Å². The van der Waals surface area contributed by atoms with Gasteiger partial charge in [0.2, 0.25) is 0 Å². The Kier molecular flexibility index (Phi) is 4.25. The molecule has 1 saturated heterocycles. The molecular formula is C12H18ClNOS. The van der Waals surface area contributed by atoms with Crippen LogP contribution in [0.3, 0.4) is 0 Å². The summed E-state index contributed by atoms with van der Waals surface area (Å²) >= 11 is 7.51. The third kappa shape index (κ3) is 3.20. The average molecular weight is 260 g/mol. The molecule has 1 aliphatic heterocycles. The van der Waals surface area contributed by atoms with Crippen LogP contribution in [0.25, 0.3) is 0 Å². The maximum atomic E-state index is 6.08. The molecule has 0 spiro atoms. The fraction of sp³-hybridized carbons (Fsp3) is 0.667. The summed E-state index contributed by atoms with van der Waals surface area (Å²) in [4.78, 5) is 0. The van der Waals surface area contributed by atoms with Crippen LogP contribution in [0.2, 0.25) is 4.34 Å². The maximum Gasteiger partial charge on any atom is 0.0962 e. The maximum absolute atomic E-state index is 6.08. The average Bonchev–Trinajstić information content (AvgIpc) is 2.64. The molecule has 0 aliphatic carbocycles. The van der Waals surface area contributed by atoms with Crippen LogP contribution in [0.1, 0.15) is 31.9 Å². The molecule has 2 heterocycles. The summed E-state index contributed by atoms with van der Waals surface area (Å²) in [6, 6.07) is 2.01. The lowest BCUT2D eigenvalue weighted by atomic mass is 10.0. The third-order valence-corrected chi connectivity index (χ3v) is 3.86. The van der Waals surface area contributed by atoms with Gasteiger partial charge in [-0.25, -0.2) is 0 Å². The molecule has 2 rings (SSSR count). The Morgan fingerprint density at radius 1 is 1.56 bits per heavy atom. The number of thiophene rings is 1. The van der Waals surface area contributed by atoms with Crippen molar-refractivity contribution in [3.05, 3.63) is 21.3 Å². The predicted molar refractivity (Wildman–Crippen MR) is 69.3 cm³/mol. The van der Waals surface area contributed by atoms with Gasteiger partial charge in [0.05, 0.1) is 16.5 Å². The minimum absolute atomic E-state index is 0.168. The molecule has 1 fully saturated rings. The van der Waals surface area contributed by atoms with Crippen LogP contribution in [-0.4, -0.2) is 19.2 Å². The third-order valence-electron chi connectivity index (χ3n) is 2.75. The number of rotatable bonds is 3. The van der Waals surface area contributed by atoms with Gasteiger partial charge in [-0.3, -0.25) is 0 Å². The molecule has 0 saturated carbocycles. The van der Waals surface area contributed by atoms with Crippen LogP contribution >= 0.6 is 22.9 Å². The van der Waals surface area contributed by atoms with E-state index in [0.29, 0.717) is 12.0 Å². The fourth-order valence-electron chi connectivity index (χ4n) is 2.06. The number of hydrogen-bond donors (Lipinski definition) is 1. The molecule has 4 heteroatoms. The molecular weight excluding hydrogens is 242 g/mol. The van der Waals surface area contributed by atoms with E-state index >= 15 is 0 Å². The lowest BCUT2D eigenvalue weighted by Gasteiger charge is -2.31. The molecule has 1 aromatic heterocycles. The molecule has 1 N–H and O–H groups in total. The second-order valence-corrected chi connectivity index (χ2v) is 6.26. The SMILES string of the molecule is CC(C)CC1CNCC(c2csc(Cl)c2)O1. The molecule has 0 aromatic carbocycles. The Morgan fingerprint density at radius 2 is 2.38 bits per heavy atom. The quantitative estimate of drug-likeness (QED) is 0.898. The van der Waals surface area contributed by atoms with Gasteiger partial charge in [0.1, 0.15) is 0 Å². The van der Waals surface area contributed by atoms with Gasteiger partial charge in [0, 0.05) is 13.1 Å². The highest BCUT2D eigenvalue weighted by Crippen LogP contribution is 2.29. The molecule has 2 unspecified atom stereocenters. The van der Waals surface area contributed by atoms with E-state index in [9.17, 15) is 0 Å². The van der Waals surface area contributed by atoms with E-state index in [1.807, 2.05) is 6.07 Å². The van der Waals surface area contributed by atoms with Gasteiger partial charge in [-0.2, -0.15) is 0 Å². The van der Waals surface area contributed by atoms with Gasteiger partial charge < -0.3 is 10.1 Å². The van der Waals surface area contributed by atoms with Crippen LogP contribution in [0.5, 0.6) is 0 Å². The smallest absolute Gasteiger partial charge is 0.0962 e. The van der Waals surface area contributed by atoms with Crippen molar-refractivity contribution in [1.29, 1.82) is 0 Å². The summed E-state index contributed by atoms with van der Waals surface area (Å²) in [7, 11) is 0. The molecule has 1 aromatic rings. The Morgan fingerprint density at radius 3 is 3.00 bits per heavy atom. The first kappa shape index (κ1) is 12.4. The van der Waals surface area contributed by atoms with Crippen molar-refractivity contribution in [3.8, 4) is 0 Å². The van der Waals surface area contributed by atoms with Gasteiger partial charge in [-0.15, -0.1) is 11.3 Å². The minimum atomic E-state index is 0.168. The summed E-state index contributed by atoms with van der Waals surface area (Å²) in [6.07, 6.45) is 1.61. The van der Waals surface area contributed by atoms with E-state index in [4.69, 9.17) is 16.3 Å². The lowest BCUT2D eigenvalue weighted by molar-refractivity contribution is -0.0472. The molecule has 2 nitrogen and oxygen atoms in total. The number of nitrogens with one attached hydrogen (secondary N) is 1. The van der Waals surface area contributed by atoms with E-state index in [0.717, 1.165) is 23.8 Å². The normalized spacial score (nSPS) is 26.2. The first-order chi connectivity index (χ1) is 7.65. The Hall–Kier alpha value is -0.0900. The van der Waals surface area contributed by atoms with Crippen molar-refractivity contribution in [2.45, 2.75) is 32.5 Å². The standard InChI is InChI=1S/C12H18ClNOS/c1-8(2)3-10-5-14-6-11(15-10)9-4-12(13)16-7-9/h4,7-8,10-11,14H,3,5-6H2,1-2H3. The highest BCUT2D eigenvalue weighted by Gasteiger charge is 2.24. The first-order valence-corrected chi connectivity index (χ1v) is 7.01. The highest BCUT2D eigenvalue weighted by molar-refractivity contribution is 7.14. The molecule has 16 heavy (non-hydrogen) atoms. The van der Waals surface area contributed by atoms with Crippen molar-refractivity contribution in [2.24, 2.45) is 5.92 Å². The zero-order chi connectivity index (χ0) is 11.5. The van der Waals surface area contributed by atoms with E-state index in [-0.39, 0.29) is 6.10 Å². The Bertz CT molecular complexity index is 340. The Balaban J connectivity index is 1.96. The van der Waals surface area contributed by atoms with E-state index < -0.39 is 0 Å². The van der Waals surface area contributed by atoms with E-state index in [2.05, 4.69) is 24.5 Å². The fourth-order valence-corrected chi connectivity index (χ4v) is 2.99. The predicted octanol–water partition coefficient (Wildman–Crippen LogP) is 3.48.